The number of nitrogens with zero attached hydrogens (tertiary/aromatic N) is 2. The molecule has 1 amide bonds. The largest absolute Gasteiger partial charge is 0.497 e. The third kappa shape index (κ3) is 4.17. The minimum absolute atomic E-state index is 0.167. The number of hydrogen-bond acceptors (Lipinski definition) is 5. The van der Waals surface area contributed by atoms with E-state index >= 15 is 0 Å². The lowest BCUT2D eigenvalue weighted by molar-refractivity contribution is 0.168. The number of carbonyl (C=O) groups is 1. The highest BCUT2D eigenvalue weighted by Crippen LogP contribution is 2.30. The zero-order valence-electron chi connectivity index (χ0n) is 14.3. The molecule has 3 rings (SSSR count). The van der Waals surface area contributed by atoms with Crippen molar-refractivity contribution in [3.05, 3.63) is 40.7 Å². The third-order valence-electron chi connectivity index (χ3n) is 4.00. The Bertz CT molecular complexity index is 810. The number of methoxy groups -OCH3 is 1. The van der Waals surface area contributed by atoms with E-state index in [0.717, 1.165) is 24.2 Å². The molecular weight excluding hydrogens is 322 g/mol. The molecule has 1 aliphatic carbocycles. The van der Waals surface area contributed by atoms with Crippen LogP contribution in [0.15, 0.2) is 35.1 Å². The van der Waals surface area contributed by atoms with Gasteiger partial charge in [0.2, 0.25) is 0 Å². The van der Waals surface area contributed by atoms with Crippen LogP contribution in [0.25, 0.3) is 11.3 Å². The maximum atomic E-state index is 12.6. The topological polar surface area (TPSA) is 82.4 Å². The van der Waals surface area contributed by atoms with Crippen LogP contribution in [0, 0.1) is 5.92 Å². The fourth-order valence-electron chi connectivity index (χ4n) is 2.48. The summed E-state index contributed by atoms with van der Waals surface area (Å²) in [4.78, 5) is 24.3. The van der Waals surface area contributed by atoms with E-state index in [2.05, 4.69) is 10.4 Å². The maximum absolute atomic E-state index is 12.6. The van der Waals surface area contributed by atoms with Crippen LogP contribution in [0.1, 0.15) is 19.8 Å². The van der Waals surface area contributed by atoms with Gasteiger partial charge in [-0.05, 0) is 56.0 Å². The van der Waals surface area contributed by atoms with Crippen LogP contribution in [-0.4, -0.2) is 29.6 Å². The molecule has 1 N–H and O–H groups in total. The van der Waals surface area contributed by atoms with Gasteiger partial charge in [-0.1, -0.05) is 0 Å². The van der Waals surface area contributed by atoms with E-state index in [-0.39, 0.29) is 17.9 Å². The van der Waals surface area contributed by atoms with Crippen molar-refractivity contribution in [1.29, 1.82) is 0 Å². The van der Waals surface area contributed by atoms with Crippen LogP contribution < -0.4 is 15.6 Å². The summed E-state index contributed by atoms with van der Waals surface area (Å²) in [6.45, 7) is 2.50. The molecule has 132 valence electrons. The Balaban J connectivity index is 1.97. The summed E-state index contributed by atoms with van der Waals surface area (Å²) in [7, 11) is 1.60. The minimum atomic E-state index is -0.649. The predicted molar refractivity (Wildman–Crippen MR) is 93.9 cm³/mol. The van der Waals surface area contributed by atoms with Gasteiger partial charge in [0.05, 0.1) is 19.4 Å². The van der Waals surface area contributed by atoms with E-state index in [1.807, 2.05) is 24.3 Å². The van der Waals surface area contributed by atoms with Gasteiger partial charge >= 0.3 is 6.09 Å². The Morgan fingerprint density at radius 3 is 2.64 bits per heavy atom. The molecule has 0 unspecified atom stereocenters. The Morgan fingerprint density at radius 1 is 1.32 bits per heavy atom. The quantitative estimate of drug-likeness (QED) is 0.872. The molecule has 1 aromatic carbocycles. The van der Waals surface area contributed by atoms with Crippen LogP contribution in [-0.2, 0) is 11.3 Å². The zero-order chi connectivity index (χ0) is 17.8. The number of rotatable bonds is 6. The summed E-state index contributed by atoms with van der Waals surface area (Å²) >= 11 is 0. The van der Waals surface area contributed by atoms with Gasteiger partial charge in [-0.25, -0.2) is 9.48 Å². The van der Waals surface area contributed by atoms with Gasteiger partial charge in [-0.2, -0.15) is 5.10 Å². The number of nitrogens with one attached hydrogen (secondary N) is 1. The molecule has 0 bridgehead atoms. The smallest absolute Gasteiger partial charge is 0.411 e. The zero-order valence-corrected chi connectivity index (χ0v) is 14.3. The molecular formula is C18H21N3O4. The van der Waals surface area contributed by atoms with Crippen molar-refractivity contribution in [2.24, 2.45) is 5.92 Å². The first-order chi connectivity index (χ1) is 12.1. The average Bonchev–Trinajstić information content (AvgIpc) is 3.42. The number of benzene rings is 1. The lowest BCUT2D eigenvalue weighted by atomic mass is 10.1. The first-order valence-corrected chi connectivity index (χ1v) is 8.31. The van der Waals surface area contributed by atoms with Crippen molar-refractivity contribution in [1.82, 2.24) is 9.78 Å². The van der Waals surface area contributed by atoms with E-state index < -0.39 is 6.09 Å². The van der Waals surface area contributed by atoms with E-state index in [1.165, 1.54) is 4.68 Å². The van der Waals surface area contributed by atoms with Crippen molar-refractivity contribution < 1.29 is 14.3 Å². The number of hydrogen-bond donors (Lipinski definition) is 1. The fourth-order valence-corrected chi connectivity index (χ4v) is 2.48. The average molecular weight is 343 g/mol. The van der Waals surface area contributed by atoms with Gasteiger partial charge in [0.15, 0.2) is 0 Å². The molecule has 1 aliphatic rings. The van der Waals surface area contributed by atoms with Crippen LogP contribution in [0.3, 0.4) is 0 Å². The minimum Gasteiger partial charge on any atom is -0.497 e. The number of amides is 1. The standard InChI is InChI=1S/C18H21N3O4/c1-3-25-18(23)19-16-10-15(13-6-8-14(24-2)9-7-13)20-21(17(16)22)11-12-4-5-12/h6-10,12H,3-5,11H2,1-2H3,(H,19,23). The van der Waals surface area contributed by atoms with E-state index in [4.69, 9.17) is 9.47 Å². The molecule has 1 fully saturated rings. The van der Waals surface area contributed by atoms with Crippen LogP contribution in [0.2, 0.25) is 0 Å². The second-order valence-corrected chi connectivity index (χ2v) is 5.95. The second-order valence-electron chi connectivity index (χ2n) is 5.95. The monoisotopic (exact) mass is 343 g/mol. The molecule has 1 saturated carbocycles. The van der Waals surface area contributed by atoms with Gasteiger partial charge in [-0.15, -0.1) is 0 Å². The Kier molecular flexibility index (Phi) is 5.02. The summed E-state index contributed by atoms with van der Waals surface area (Å²) in [5.74, 6) is 1.21. The Hall–Kier alpha value is -2.83. The summed E-state index contributed by atoms with van der Waals surface area (Å²) < 4.78 is 11.5. The van der Waals surface area contributed by atoms with Gasteiger partial charge in [-0.3, -0.25) is 10.1 Å². The van der Waals surface area contributed by atoms with E-state index in [9.17, 15) is 9.59 Å². The number of ether oxygens (including phenoxy) is 2. The summed E-state index contributed by atoms with van der Waals surface area (Å²) in [6.07, 6.45) is 1.55. The van der Waals surface area contributed by atoms with Crippen molar-refractivity contribution in [3.63, 3.8) is 0 Å². The van der Waals surface area contributed by atoms with Gasteiger partial charge in [0.1, 0.15) is 11.4 Å². The molecule has 0 radical (unpaired) electrons. The molecule has 0 saturated heterocycles. The molecule has 25 heavy (non-hydrogen) atoms. The molecule has 0 atom stereocenters. The fraction of sp³-hybridized carbons (Fsp3) is 0.389. The Morgan fingerprint density at radius 2 is 2.04 bits per heavy atom. The van der Waals surface area contributed by atoms with Crippen molar-refractivity contribution in [3.8, 4) is 17.0 Å². The number of carbonyl (C=O) groups excluding carboxylic acids is 1. The molecule has 1 heterocycles. The predicted octanol–water partition coefficient (Wildman–Crippen LogP) is 2.90. The lowest BCUT2D eigenvalue weighted by Crippen LogP contribution is -2.29. The number of aromatic nitrogens is 2. The molecule has 7 nitrogen and oxygen atoms in total. The van der Waals surface area contributed by atoms with E-state index in [1.54, 1.807) is 20.1 Å². The van der Waals surface area contributed by atoms with Crippen LogP contribution in [0.5, 0.6) is 5.75 Å². The highest BCUT2D eigenvalue weighted by Gasteiger charge is 2.24. The molecule has 2 aromatic rings. The summed E-state index contributed by atoms with van der Waals surface area (Å²) in [5, 5.41) is 6.98. The molecule has 0 aliphatic heterocycles. The van der Waals surface area contributed by atoms with Crippen LogP contribution in [0.4, 0.5) is 10.5 Å². The second kappa shape index (κ2) is 7.38. The summed E-state index contributed by atoms with van der Waals surface area (Å²) in [6, 6.07) is 8.95. The van der Waals surface area contributed by atoms with Crippen molar-refractivity contribution in [2.75, 3.05) is 19.0 Å². The summed E-state index contributed by atoms with van der Waals surface area (Å²) in [5.41, 5.74) is 1.28. The molecule has 7 heteroatoms. The highest BCUT2D eigenvalue weighted by molar-refractivity contribution is 5.85. The van der Waals surface area contributed by atoms with Gasteiger partial charge in [0.25, 0.3) is 5.56 Å². The third-order valence-corrected chi connectivity index (χ3v) is 4.00. The van der Waals surface area contributed by atoms with Gasteiger partial charge in [0, 0.05) is 12.1 Å². The lowest BCUT2D eigenvalue weighted by Gasteiger charge is -2.11. The molecule has 0 spiro atoms. The van der Waals surface area contributed by atoms with Crippen LogP contribution >= 0.6 is 0 Å². The highest BCUT2D eigenvalue weighted by atomic mass is 16.5. The van der Waals surface area contributed by atoms with Crippen molar-refractivity contribution in [2.45, 2.75) is 26.3 Å². The van der Waals surface area contributed by atoms with Gasteiger partial charge < -0.3 is 9.47 Å². The molecule has 1 aromatic heterocycles. The van der Waals surface area contributed by atoms with E-state index in [0.29, 0.717) is 18.2 Å². The first-order valence-electron chi connectivity index (χ1n) is 8.31. The number of anilines is 1. The SMILES string of the molecule is CCOC(=O)Nc1cc(-c2ccc(OC)cc2)nn(CC2CC2)c1=O. The normalized spacial score (nSPS) is 13.4. The Labute approximate surface area is 145 Å². The maximum Gasteiger partial charge on any atom is 0.411 e. The first kappa shape index (κ1) is 17.0. The van der Waals surface area contributed by atoms with Crippen molar-refractivity contribution >= 4 is 11.8 Å².